The fourth-order valence-corrected chi connectivity index (χ4v) is 4.72. The smallest absolute Gasteiger partial charge is 0.243 e. The summed E-state index contributed by atoms with van der Waals surface area (Å²) in [4.78, 5) is 0.332. The van der Waals surface area contributed by atoms with Crippen molar-refractivity contribution in [1.29, 1.82) is 0 Å². The molecule has 0 aromatic heterocycles. The van der Waals surface area contributed by atoms with Crippen molar-refractivity contribution in [3.8, 4) is 0 Å². The normalized spacial score (nSPS) is 15.9. The van der Waals surface area contributed by atoms with Crippen LogP contribution in [0.15, 0.2) is 21.5 Å². The van der Waals surface area contributed by atoms with Gasteiger partial charge in [0.2, 0.25) is 10.0 Å². The topological polar surface area (TPSA) is 63.4 Å². The fraction of sp³-hybridized carbons (Fsp3) is 0.600. The van der Waals surface area contributed by atoms with Crippen LogP contribution in [0.2, 0.25) is 0 Å². The van der Waals surface area contributed by atoms with E-state index in [4.69, 9.17) is 5.73 Å². The first-order valence-electron chi connectivity index (χ1n) is 7.31. The van der Waals surface area contributed by atoms with Gasteiger partial charge in [-0.1, -0.05) is 13.8 Å². The van der Waals surface area contributed by atoms with Gasteiger partial charge in [0.05, 0.1) is 4.90 Å². The van der Waals surface area contributed by atoms with Crippen LogP contribution in [0.5, 0.6) is 0 Å². The number of halogens is 1. The van der Waals surface area contributed by atoms with Crippen molar-refractivity contribution in [2.24, 2.45) is 5.92 Å². The maximum atomic E-state index is 13.0. The molecule has 0 aliphatic heterocycles. The zero-order valence-electron chi connectivity index (χ0n) is 12.8. The molecular weight excluding hydrogens is 352 g/mol. The highest BCUT2D eigenvalue weighted by Gasteiger charge is 2.38. The second kappa shape index (κ2) is 6.26. The average Bonchev–Trinajstić information content (AvgIpc) is 3.17. The summed E-state index contributed by atoms with van der Waals surface area (Å²) in [5.74, 6) is 0.484. The number of aryl methyl sites for hydroxylation is 1. The lowest BCUT2D eigenvalue weighted by Crippen LogP contribution is -2.35. The molecule has 2 N–H and O–H groups in total. The number of anilines is 1. The van der Waals surface area contributed by atoms with Crippen molar-refractivity contribution in [3.05, 3.63) is 22.2 Å². The molecule has 118 valence electrons. The van der Waals surface area contributed by atoms with Crippen molar-refractivity contribution in [2.45, 2.75) is 51.0 Å². The van der Waals surface area contributed by atoms with E-state index in [1.807, 2.05) is 6.92 Å². The Morgan fingerprint density at radius 1 is 1.38 bits per heavy atom. The van der Waals surface area contributed by atoms with Crippen LogP contribution in [0.25, 0.3) is 0 Å². The third kappa shape index (κ3) is 3.79. The van der Waals surface area contributed by atoms with E-state index < -0.39 is 10.0 Å². The van der Waals surface area contributed by atoms with E-state index in [0.717, 1.165) is 29.3 Å². The lowest BCUT2D eigenvalue weighted by Gasteiger charge is -2.24. The minimum atomic E-state index is -3.47. The van der Waals surface area contributed by atoms with E-state index in [0.29, 0.717) is 23.0 Å². The van der Waals surface area contributed by atoms with Gasteiger partial charge >= 0.3 is 0 Å². The van der Waals surface area contributed by atoms with Gasteiger partial charge in [-0.05, 0) is 65.7 Å². The predicted molar refractivity (Wildman–Crippen MR) is 89.7 cm³/mol. The van der Waals surface area contributed by atoms with Crippen LogP contribution in [-0.2, 0) is 10.0 Å². The van der Waals surface area contributed by atoms with Crippen LogP contribution in [0.3, 0.4) is 0 Å². The number of nitrogens with two attached hydrogens (primary N) is 1. The first-order valence-corrected chi connectivity index (χ1v) is 9.54. The minimum Gasteiger partial charge on any atom is -0.398 e. The van der Waals surface area contributed by atoms with E-state index >= 15 is 0 Å². The van der Waals surface area contributed by atoms with E-state index in [9.17, 15) is 8.42 Å². The van der Waals surface area contributed by atoms with Gasteiger partial charge in [0.25, 0.3) is 0 Å². The Kier molecular flexibility index (Phi) is 5.00. The Balaban J connectivity index is 2.36. The molecule has 21 heavy (non-hydrogen) atoms. The third-order valence-corrected chi connectivity index (χ3v) is 6.54. The summed E-state index contributed by atoms with van der Waals surface area (Å²) in [5, 5.41) is 0. The van der Waals surface area contributed by atoms with Gasteiger partial charge in [-0.25, -0.2) is 8.42 Å². The summed E-state index contributed by atoms with van der Waals surface area (Å²) in [6.45, 7) is 6.62. The summed E-state index contributed by atoms with van der Waals surface area (Å²) in [7, 11) is -3.47. The highest BCUT2D eigenvalue weighted by Crippen LogP contribution is 2.35. The number of hydrogen-bond donors (Lipinski definition) is 1. The van der Waals surface area contributed by atoms with Crippen molar-refractivity contribution in [1.82, 2.24) is 4.31 Å². The van der Waals surface area contributed by atoms with Crippen LogP contribution < -0.4 is 5.73 Å². The highest BCUT2D eigenvalue weighted by molar-refractivity contribution is 9.10. The maximum absolute atomic E-state index is 13.0. The van der Waals surface area contributed by atoms with Gasteiger partial charge in [-0.2, -0.15) is 4.31 Å². The molecule has 2 rings (SSSR count). The molecule has 0 radical (unpaired) electrons. The van der Waals surface area contributed by atoms with Gasteiger partial charge in [0.15, 0.2) is 0 Å². The molecule has 0 bridgehead atoms. The van der Waals surface area contributed by atoms with Crippen molar-refractivity contribution < 1.29 is 8.42 Å². The van der Waals surface area contributed by atoms with Crippen LogP contribution in [0.4, 0.5) is 5.69 Å². The molecule has 6 heteroatoms. The highest BCUT2D eigenvalue weighted by atomic mass is 79.9. The molecule has 1 saturated carbocycles. The first kappa shape index (κ1) is 16.8. The second-order valence-electron chi connectivity index (χ2n) is 6.17. The quantitative estimate of drug-likeness (QED) is 0.774. The number of benzene rings is 1. The summed E-state index contributed by atoms with van der Waals surface area (Å²) < 4.78 is 28.3. The lowest BCUT2D eigenvalue weighted by atomic mass is 10.1. The standard InChI is InChI=1S/C15H23BrN2O2S/c1-10(2)6-7-18(12-4-5-12)21(19,20)15-9-14(17)13(16)8-11(15)3/h8-10,12H,4-7,17H2,1-3H3. The summed E-state index contributed by atoms with van der Waals surface area (Å²) in [6.07, 6.45) is 2.80. The van der Waals surface area contributed by atoms with E-state index in [1.165, 1.54) is 0 Å². The molecule has 0 unspecified atom stereocenters. The molecule has 0 saturated heterocycles. The molecule has 1 aromatic carbocycles. The monoisotopic (exact) mass is 374 g/mol. The molecule has 1 fully saturated rings. The largest absolute Gasteiger partial charge is 0.398 e. The van der Waals surface area contributed by atoms with Crippen molar-refractivity contribution in [3.63, 3.8) is 0 Å². The molecule has 1 aromatic rings. The molecule has 4 nitrogen and oxygen atoms in total. The number of hydrogen-bond acceptors (Lipinski definition) is 3. The fourth-order valence-electron chi connectivity index (χ4n) is 2.32. The Morgan fingerprint density at radius 3 is 2.52 bits per heavy atom. The average molecular weight is 375 g/mol. The number of rotatable bonds is 6. The van der Waals surface area contributed by atoms with Crippen LogP contribution in [0, 0.1) is 12.8 Å². The third-order valence-electron chi connectivity index (χ3n) is 3.76. The van der Waals surface area contributed by atoms with E-state index in [2.05, 4.69) is 29.8 Å². The predicted octanol–water partition coefficient (Wildman–Crippen LogP) is 3.54. The number of nitrogens with zero attached hydrogens (tertiary/aromatic N) is 1. The molecule has 1 aliphatic rings. The van der Waals surface area contributed by atoms with E-state index in [-0.39, 0.29) is 6.04 Å². The SMILES string of the molecule is Cc1cc(Br)c(N)cc1S(=O)(=O)N(CCC(C)C)C1CC1. The van der Waals surface area contributed by atoms with Gasteiger partial charge in [-0.15, -0.1) is 0 Å². The summed E-state index contributed by atoms with van der Waals surface area (Å²) >= 11 is 3.34. The van der Waals surface area contributed by atoms with Crippen LogP contribution in [-0.4, -0.2) is 25.3 Å². The first-order chi connectivity index (χ1) is 9.73. The maximum Gasteiger partial charge on any atom is 0.243 e. The molecule has 0 heterocycles. The number of nitrogen functional groups attached to an aromatic ring is 1. The van der Waals surface area contributed by atoms with Gasteiger partial charge in [0, 0.05) is 22.7 Å². The summed E-state index contributed by atoms with van der Waals surface area (Å²) in [6, 6.07) is 3.51. The van der Waals surface area contributed by atoms with Crippen molar-refractivity contribution in [2.75, 3.05) is 12.3 Å². The van der Waals surface area contributed by atoms with Crippen molar-refractivity contribution >= 4 is 31.6 Å². The molecule has 0 amide bonds. The summed E-state index contributed by atoms with van der Waals surface area (Å²) in [5.41, 5.74) is 7.06. The Bertz CT molecular complexity index is 625. The zero-order chi connectivity index (χ0) is 15.8. The van der Waals surface area contributed by atoms with E-state index in [1.54, 1.807) is 16.4 Å². The van der Waals surface area contributed by atoms with Gasteiger partial charge in [0.1, 0.15) is 0 Å². The molecule has 1 aliphatic carbocycles. The van der Waals surface area contributed by atoms with Crippen LogP contribution in [0.1, 0.15) is 38.7 Å². The van der Waals surface area contributed by atoms with Crippen LogP contribution >= 0.6 is 15.9 Å². The Hall–Kier alpha value is -0.590. The number of sulfonamides is 1. The van der Waals surface area contributed by atoms with Gasteiger partial charge < -0.3 is 5.73 Å². The Morgan fingerprint density at radius 2 is 2.00 bits per heavy atom. The molecule has 0 atom stereocenters. The Labute approximate surface area is 135 Å². The molecule has 0 spiro atoms. The lowest BCUT2D eigenvalue weighted by molar-refractivity contribution is 0.373. The second-order valence-corrected chi connectivity index (χ2v) is 8.88. The van der Waals surface area contributed by atoms with Gasteiger partial charge in [-0.3, -0.25) is 0 Å². The zero-order valence-corrected chi connectivity index (χ0v) is 15.2. The molecular formula is C15H23BrN2O2S. The minimum absolute atomic E-state index is 0.165.